The number of hydrogen-bond donors (Lipinski definition) is 2. The first kappa shape index (κ1) is 32.5. The summed E-state index contributed by atoms with van der Waals surface area (Å²) in [5.41, 5.74) is 7.17. The molecule has 8 nitrogen and oxygen atoms in total. The Morgan fingerprint density at radius 2 is 1.93 bits per heavy atom. The summed E-state index contributed by atoms with van der Waals surface area (Å²) in [4.78, 5) is 40.7. The quantitative estimate of drug-likeness (QED) is 0.275. The molecule has 0 saturated heterocycles. The second-order valence-corrected chi connectivity index (χ2v) is 11.4. The van der Waals surface area contributed by atoms with Crippen LogP contribution >= 0.6 is 0 Å². The highest BCUT2D eigenvalue weighted by atomic mass is 19.1. The third kappa shape index (κ3) is 6.29. The molecular weight excluding hydrogens is 549 g/mol. The predicted octanol–water partition coefficient (Wildman–Crippen LogP) is 5.12. The summed E-state index contributed by atoms with van der Waals surface area (Å²) >= 11 is 0. The van der Waals surface area contributed by atoms with Crippen molar-refractivity contribution >= 4 is 23.1 Å². The molecule has 2 N–H and O–H groups in total. The van der Waals surface area contributed by atoms with Crippen LogP contribution < -0.4 is 10.9 Å². The average molecular weight is 594 g/mol. The first-order valence-electron chi connectivity index (χ1n) is 15.5. The number of hydrogen-bond acceptors (Lipinski definition) is 6. The number of carbonyl (C=O) groups excluding carboxylic acids is 2. The molecule has 1 aliphatic heterocycles. The Labute approximate surface area is 252 Å². The van der Waals surface area contributed by atoms with Gasteiger partial charge in [-0.2, -0.15) is 0 Å². The van der Waals surface area contributed by atoms with E-state index in [2.05, 4.69) is 5.32 Å². The molecule has 3 heterocycles. The van der Waals surface area contributed by atoms with Gasteiger partial charge in [-0.25, -0.2) is 9.37 Å². The Kier molecular flexibility index (Phi) is 10.5. The van der Waals surface area contributed by atoms with Gasteiger partial charge in [0.25, 0.3) is 5.56 Å². The Balaban J connectivity index is 0.000000298. The van der Waals surface area contributed by atoms with Crippen molar-refractivity contribution < 1.29 is 23.8 Å². The number of aromatic nitrogens is 2. The highest BCUT2D eigenvalue weighted by Gasteiger charge is 2.32. The van der Waals surface area contributed by atoms with E-state index >= 15 is 0 Å². The second kappa shape index (κ2) is 13.9. The van der Waals surface area contributed by atoms with Gasteiger partial charge in [0.2, 0.25) is 5.91 Å². The van der Waals surface area contributed by atoms with Crippen LogP contribution in [0.2, 0.25) is 0 Å². The molecule has 9 heteroatoms. The van der Waals surface area contributed by atoms with Gasteiger partial charge >= 0.3 is 0 Å². The minimum absolute atomic E-state index is 0.137. The maximum atomic E-state index is 14.6. The van der Waals surface area contributed by atoms with Crippen LogP contribution in [0, 0.1) is 18.7 Å². The molecular formula is C34H44FN3O5. The molecule has 3 aromatic rings. The Morgan fingerprint density at radius 1 is 1.23 bits per heavy atom. The number of benzene rings is 1. The number of aliphatic hydroxyl groups is 1. The van der Waals surface area contributed by atoms with Crippen LogP contribution in [0.15, 0.2) is 16.9 Å². The van der Waals surface area contributed by atoms with Crippen molar-refractivity contribution in [1.29, 1.82) is 0 Å². The van der Waals surface area contributed by atoms with Gasteiger partial charge in [-0.1, -0.05) is 33.6 Å². The number of fused-ring (bicyclic) bond motifs is 4. The number of carbonyl (C=O) groups is 2. The van der Waals surface area contributed by atoms with E-state index in [9.17, 15) is 18.8 Å². The number of pyridine rings is 2. The fourth-order valence-corrected chi connectivity index (χ4v) is 6.28. The number of likely N-dealkylation sites (N-methyl/N-ethyl adjacent to an activating group) is 1. The third-order valence-electron chi connectivity index (χ3n) is 8.76. The van der Waals surface area contributed by atoms with Gasteiger partial charge < -0.3 is 24.5 Å². The van der Waals surface area contributed by atoms with Crippen molar-refractivity contribution in [2.24, 2.45) is 5.92 Å². The normalized spacial score (nSPS) is 15.7. The van der Waals surface area contributed by atoms with Crippen molar-refractivity contribution in [3.8, 4) is 11.4 Å². The van der Waals surface area contributed by atoms with Crippen molar-refractivity contribution in [2.45, 2.75) is 97.8 Å². The SMILES string of the molecule is CC.CCC(C=O)c1cc2n(c(=O)c1COC)Cc1c-2nc2cc(F)c(C)c3c2c1CCC3.CNC(=O)C(O)CC1CC1. The smallest absolute Gasteiger partial charge is 0.257 e. The lowest BCUT2D eigenvalue weighted by Gasteiger charge is -2.21. The maximum absolute atomic E-state index is 14.6. The van der Waals surface area contributed by atoms with E-state index in [0.717, 1.165) is 47.8 Å². The molecule has 6 rings (SSSR count). The number of aryl methyl sites for hydroxylation is 2. The van der Waals surface area contributed by atoms with Crippen molar-refractivity contribution in [3.05, 3.63) is 61.7 Å². The molecule has 2 aliphatic carbocycles. The van der Waals surface area contributed by atoms with Crippen LogP contribution in [0.1, 0.15) is 92.2 Å². The number of nitrogens with one attached hydrogen (secondary N) is 1. The van der Waals surface area contributed by atoms with E-state index < -0.39 is 6.10 Å². The predicted molar refractivity (Wildman–Crippen MR) is 166 cm³/mol. The fraction of sp³-hybridized carbons (Fsp3) is 0.529. The van der Waals surface area contributed by atoms with Gasteiger partial charge in [0.1, 0.15) is 18.2 Å². The molecule has 3 aliphatic rings. The monoisotopic (exact) mass is 593 g/mol. The number of halogens is 1. The van der Waals surface area contributed by atoms with E-state index in [1.54, 1.807) is 18.7 Å². The zero-order valence-corrected chi connectivity index (χ0v) is 26.2. The van der Waals surface area contributed by atoms with Crippen molar-refractivity contribution in [3.63, 3.8) is 0 Å². The third-order valence-corrected chi connectivity index (χ3v) is 8.76. The van der Waals surface area contributed by atoms with Crippen LogP contribution in [0.5, 0.6) is 0 Å². The number of nitrogens with zero attached hydrogens (tertiary/aromatic N) is 2. The number of aldehydes is 1. The van der Waals surface area contributed by atoms with Crippen LogP contribution in [0.25, 0.3) is 22.3 Å². The van der Waals surface area contributed by atoms with Gasteiger partial charge in [-0.3, -0.25) is 9.59 Å². The van der Waals surface area contributed by atoms with E-state index in [4.69, 9.17) is 14.8 Å². The summed E-state index contributed by atoms with van der Waals surface area (Å²) < 4.78 is 21.6. The van der Waals surface area contributed by atoms with Crippen molar-refractivity contribution in [1.82, 2.24) is 14.9 Å². The summed E-state index contributed by atoms with van der Waals surface area (Å²) in [5.74, 6) is -0.265. The summed E-state index contributed by atoms with van der Waals surface area (Å²) in [6.45, 7) is 8.37. The van der Waals surface area contributed by atoms with Gasteiger partial charge in [-0.15, -0.1) is 0 Å². The first-order chi connectivity index (χ1) is 20.7. The molecule has 1 saturated carbocycles. The molecule has 1 fully saturated rings. The summed E-state index contributed by atoms with van der Waals surface area (Å²) in [6.07, 6.45) is 6.39. The lowest BCUT2D eigenvalue weighted by atomic mass is 9.85. The highest BCUT2D eigenvalue weighted by Crippen LogP contribution is 2.41. The molecule has 2 unspecified atom stereocenters. The average Bonchev–Trinajstić information content (AvgIpc) is 3.77. The topological polar surface area (TPSA) is 111 Å². The van der Waals surface area contributed by atoms with Gasteiger partial charge in [0, 0.05) is 42.7 Å². The molecule has 0 spiro atoms. The fourth-order valence-electron chi connectivity index (χ4n) is 6.28. The molecule has 43 heavy (non-hydrogen) atoms. The zero-order chi connectivity index (χ0) is 31.4. The van der Waals surface area contributed by atoms with Gasteiger partial charge in [0.05, 0.1) is 30.1 Å². The number of amides is 1. The summed E-state index contributed by atoms with van der Waals surface area (Å²) in [7, 11) is 3.09. The Hall–Kier alpha value is -3.43. The molecule has 0 radical (unpaired) electrons. The van der Waals surface area contributed by atoms with Gasteiger partial charge in [-0.05, 0) is 73.3 Å². The number of ether oxygens (including phenoxy) is 1. The lowest BCUT2D eigenvalue weighted by Crippen LogP contribution is -2.31. The largest absolute Gasteiger partial charge is 0.383 e. The Bertz CT molecular complexity index is 1580. The number of methoxy groups -OCH3 is 1. The molecule has 1 aromatic carbocycles. The summed E-state index contributed by atoms with van der Waals surface area (Å²) in [5, 5.41) is 12.6. The van der Waals surface area contributed by atoms with Gasteiger partial charge in [0.15, 0.2) is 0 Å². The molecule has 1 amide bonds. The maximum Gasteiger partial charge on any atom is 0.257 e. The molecule has 0 bridgehead atoms. The van der Waals surface area contributed by atoms with E-state index in [-0.39, 0.29) is 29.8 Å². The minimum Gasteiger partial charge on any atom is -0.383 e. The van der Waals surface area contributed by atoms with Crippen molar-refractivity contribution in [2.75, 3.05) is 14.2 Å². The van der Waals surface area contributed by atoms with Crippen LogP contribution in [0.4, 0.5) is 4.39 Å². The standard InChI is InChI=1S/C25H25FN2O3.C7H13NO2.C2H6/c1-4-14(11-29)17-8-22-24-18(10-28(22)25(30)19(17)12-31-3)16-7-5-6-15-13(2)20(26)9-21(27-24)23(15)16;1-8-7(10)6(9)4-5-2-3-5;1-2/h8-9,11,14H,4-7,10,12H2,1-3H3;5-6,9H,2-4H2,1H3,(H,8,10);1-2H3. The van der Waals surface area contributed by atoms with Crippen LogP contribution in [0.3, 0.4) is 0 Å². The van der Waals surface area contributed by atoms with E-state index in [1.807, 2.05) is 33.8 Å². The number of aliphatic hydroxyl groups excluding tert-OH is 1. The second-order valence-electron chi connectivity index (χ2n) is 11.4. The van der Waals surface area contributed by atoms with Crippen LogP contribution in [-0.2, 0) is 40.3 Å². The zero-order valence-electron chi connectivity index (χ0n) is 26.2. The van der Waals surface area contributed by atoms with E-state index in [0.29, 0.717) is 53.2 Å². The molecule has 2 atom stereocenters. The number of rotatable bonds is 8. The highest BCUT2D eigenvalue weighted by molar-refractivity contribution is 5.92. The van der Waals surface area contributed by atoms with E-state index in [1.165, 1.54) is 24.5 Å². The Morgan fingerprint density at radius 3 is 2.53 bits per heavy atom. The molecule has 2 aromatic heterocycles. The minimum atomic E-state index is -0.780. The van der Waals surface area contributed by atoms with Crippen LogP contribution in [-0.4, -0.2) is 47.1 Å². The first-order valence-corrected chi connectivity index (χ1v) is 15.5. The lowest BCUT2D eigenvalue weighted by molar-refractivity contribution is -0.129. The summed E-state index contributed by atoms with van der Waals surface area (Å²) in [6, 6.07) is 3.44. The molecule has 232 valence electrons.